The lowest BCUT2D eigenvalue weighted by atomic mass is 10.3. The molecule has 1 heterocycles. The molecule has 0 fully saturated rings. The second kappa shape index (κ2) is 5.10. The molecule has 0 aliphatic carbocycles. The zero-order valence-electron chi connectivity index (χ0n) is 9.98. The number of nitrogens with zero attached hydrogens (tertiary/aromatic N) is 2. The van der Waals surface area contributed by atoms with Gasteiger partial charge in [0, 0.05) is 0 Å². The van der Waals surface area contributed by atoms with Crippen LogP contribution in [0.25, 0.3) is 0 Å². The van der Waals surface area contributed by atoms with Gasteiger partial charge in [0.05, 0.1) is 12.8 Å². The highest BCUT2D eigenvalue weighted by atomic mass is 35.5. The monoisotopic (exact) mass is 265 g/mol. The number of ether oxygens (including phenoxy) is 2. The summed E-state index contributed by atoms with van der Waals surface area (Å²) < 4.78 is 10.6. The molecule has 0 unspecified atom stereocenters. The van der Waals surface area contributed by atoms with Crippen LogP contribution in [-0.4, -0.2) is 17.1 Å². The maximum absolute atomic E-state index is 5.82. The van der Waals surface area contributed by atoms with Crippen molar-refractivity contribution in [1.82, 2.24) is 9.97 Å². The summed E-state index contributed by atoms with van der Waals surface area (Å²) in [6, 6.07) is 7.07. The highest BCUT2D eigenvalue weighted by Gasteiger charge is 2.10. The summed E-state index contributed by atoms with van der Waals surface area (Å²) in [7, 11) is 1.60. The highest BCUT2D eigenvalue weighted by Crippen LogP contribution is 2.28. The van der Waals surface area contributed by atoms with Crippen LogP contribution in [-0.2, 0) is 0 Å². The Bertz CT molecular complexity index is 558. The maximum atomic E-state index is 5.82. The van der Waals surface area contributed by atoms with Crippen molar-refractivity contribution in [3.8, 4) is 17.4 Å². The molecule has 18 heavy (non-hydrogen) atoms. The van der Waals surface area contributed by atoms with E-state index in [9.17, 15) is 0 Å². The van der Waals surface area contributed by atoms with Gasteiger partial charge >= 0.3 is 0 Å². The summed E-state index contributed by atoms with van der Waals surface area (Å²) in [5.41, 5.74) is 6.77. The molecule has 0 amide bonds. The number of benzene rings is 1. The van der Waals surface area contributed by atoms with Crippen LogP contribution in [0.1, 0.15) is 5.69 Å². The van der Waals surface area contributed by atoms with E-state index in [1.165, 1.54) is 0 Å². The second-order valence-electron chi connectivity index (χ2n) is 3.57. The fourth-order valence-electron chi connectivity index (χ4n) is 1.36. The Balaban J connectivity index is 2.27. The quantitative estimate of drug-likeness (QED) is 0.864. The van der Waals surface area contributed by atoms with Crippen LogP contribution in [0.4, 0.5) is 5.69 Å². The van der Waals surface area contributed by atoms with Gasteiger partial charge in [-0.25, -0.2) is 4.98 Å². The first-order chi connectivity index (χ1) is 8.60. The topological polar surface area (TPSA) is 70.3 Å². The average Bonchev–Trinajstić information content (AvgIpc) is 2.36. The molecule has 0 spiro atoms. The summed E-state index contributed by atoms with van der Waals surface area (Å²) in [6.45, 7) is 1.74. The van der Waals surface area contributed by atoms with Crippen molar-refractivity contribution in [2.75, 3.05) is 12.8 Å². The van der Waals surface area contributed by atoms with Crippen molar-refractivity contribution < 1.29 is 9.47 Å². The SMILES string of the molecule is COc1ccc(Oc2nc(Cl)nc(C)c2N)cc1. The number of rotatable bonds is 3. The molecule has 1 aromatic heterocycles. The number of hydrogen-bond donors (Lipinski definition) is 1. The first kappa shape index (κ1) is 12.4. The van der Waals surface area contributed by atoms with E-state index in [4.69, 9.17) is 26.8 Å². The zero-order chi connectivity index (χ0) is 13.1. The number of aromatic nitrogens is 2. The van der Waals surface area contributed by atoms with Gasteiger partial charge in [0.2, 0.25) is 11.2 Å². The number of anilines is 1. The van der Waals surface area contributed by atoms with E-state index in [1.807, 2.05) is 0 Å². The highest BCUT2D eigenvalue weighted by molar-refractivity contribution is 6.28. The fourth-order valence-corrected chi connectivity index (χ4v) is 1.56. The molecule has 0 radical (unpaired) electrons. The minimum Gasteiger partial charge on any atom is -0.497 e. The minimum atomic E-state index is 0.102. The molecule has 0 aliphatic heterocycles. The molecule has 0 saturated heterocycles. The second-order valence-corrected chi connectivity index (χ2v) is 3.91. The molecule has 0 aliphatic rings. The molecule has 0 atom stereocenters. The average molecular weight is 266 g/mol. The van der Waals surface area contributed by atoms with Crippen molar-refractivity contribution in [2.45, 2.75) is 6.92 Å². The van der Waals surface area contributed by atoms with E-state index in [2.05, 4.69) is 9.97 Å². The van der Waals surface area contributed by atoms with Gasteiger partial charge in [0.1, 0.15) is 17.2 Å². The van der Waals surface area contributed by atoms with Crippen molar-refractivity contribution in [2.24, 2.45) is 0 Å². The first-order valence-corrected chi connectivity index (χ1v) is 5.59. The molecule has 1 aromatic carbocycles. The summed E-state index contributed by atoms with van der Waals surface area (Å²) in [6.07, 6.45) is 0. The molecular formula is C12H12ClN3O2. The van der Waals surface area contributed by atoms with Crippen LogP contribution in [0, 0.1) is 6.92 Å². The Labute approximate surface area is 110 Å². The third-order valence-electron chi connectivity index (χ3n) is 2.35. The van der Waals surface area contributed by atoms with E-state index in [-0.39, 0.29) is 11.2 Å². The van der Waals surface area contributed by atoms with E-state index in [0.29, 0.717) is 17.1 Å². The molecule has 94 valence electrons. The maximum Gasteiger partial charge on any atom is 0.247 e. The minimum absolute atomic E-state index is 0.102. The standard InChI is InChI=1S/C12H12ClN3O2/c1-7-10(14)11(16-12(13)15-7)18-9-5-3-8(17-2)4-6-9/h3-6H,14H2,1-2H3. The van der Waals surface area contributed by atoms with Gasteiger partial charge in [-0.3, -0.25) is 0 Å². The molecule has 0 bridgehead atoms. The van der Waals surface area contributed by atoms with E-state index in [1.54, 1.807) is 38.3 Å². The van der Waals surface area contributed by atoms with Crippen LogP contribution in [0.2, 0.25) is 5.28 Å². The Morgan fingerprint density at radius 2 is 1.72 bits per heavy atom. The third kappa shape index (κ3) is 2.62. The van der Waals surface area contributed by atoms with Crippen LogP contribution in [0.5, 0.6) is 17.4 Å². The van der Waals surface area contributed by atoms with Crippen molar-refractivity contribution in [3.63, 3.8) is 0 Å². The normalized spacial score (nSPS) is 10.2. The van der Waals surface area contributed by atoms with Gasteiger partial charge in [0.15, 0.2) is 0 Å². The van der Waals surface area contributed by atoms with Crippen LogP contribution in [0.3, 0.4) is 0 Å². The molecule has 0 saturated carbocycles. The molecule has 6 heteroatoms. The number of nitrogen functional groups attached to an aromatic ring is 1. The molecule has 2 N–H and O–H groups in total. The summed E-state index contributed by atoms with van der Waals surface area (Å²) >= 11 is 5.76. The summed E-state index contributed by atoms with van der Waals surface area (Å²) in [5, 5.41) is 0.102. The summed E-state index contributed by atoms with van der Waals surface area (Å²) in [4.78, 5) is 7.88. The van der Waals surface area contributed by atoms with Crippen molar-refractivity contribution >= 4 is 17.3 Å². The van der Waals surface area contributed by atoms with Gasteiger partial charge in [-0.2, -0.15) is 4.98 Å². The zero-order valence-corrected chi connectivity index (χ0v) is 10.7. The van der Waals surface area contributed by atoms with Gasteiger partial charge in [-0.1, -0.05) is 0 Å². The smallest absolute Gasteiger partial charge is 0.247 e. The molecule has 2 rings (SSSR count). The lowest BCUT2D eigenvalue weighted by Gasteiger charge is -2.09. The number of aryl methyl sites for hydroxylation is 1. The van der Waals surface area contributed by atoms with Crippen molar-refractivity contribution in [1.29, 1.82) is 0 Å². The van der Waals surface area contributed by atoms with Gasteiger partial charge in [0.25, 0.3) is 0 Å². The lowest BCUT2D eigenvalue weighted by Crippen LogP contribution is -2.00. The van der Waals surface area contributed by atoms with E-state index in [0.717, 1.165) is 5.75 Å². The number of nitrogens with two attached hydrogens (primary N) is 1. The van der Waals surface area contributed by atoms with Crippen LogP contribution < -0.4 is 15.2 Å². The van der Waals surface area contributed by atoms with Gasteiger partial charge in [-0.05, 0) is 42.8 Å². The summed E-state index contributed by atoms with van der Waals surface area (Å²) in [5.74, 6) is 1.58. The Morgan fingerprint density at radius 1 is 1.11 bits per heavy atom. The van der Waals surface area contributed by atoms with Crippen LogP contribution in [0.15, 0.2) is 24.3 Å². The van der Waals surface area contributed by atoms with E-state index < -0.39 is 0 Å². The largest absolute Gasteiger partial charge is 0.497 e. The van der Waals surface area contributed by atoms with Crippen molar-refractivity contribution in [3.05, 3.63) is 35.2 Å². The number of hydrogen-bond acceptors (Lipinski definition) is 5. The Kier molecular flexibility index (Phi) is 3.53. The third-order valence-corrected chi connectivity index (χ3v) is 2.52. The number of halogens is 1. The van der Waals surface area contributed by atoms with Crippen LogP contribution >= 0.6 is 11.6 Å². The lowest BCUT2D eigenvalue weighted by molar-refractivity contribution is 0.412. The predicted molar refractivity (Wildman–Crippen MR) is 69.3 cm³/mol. The Hall–Kier alpha value is -2.01. The molecule has 2 aromatic rings. The first-order valence-electron chi connectivity index (χ1n) is 5.21. The molecular weight excluding hydrogens is 254 g/mol. The number of methoxy groups -OCH3 is 1. The predicted octanol–water partition coefficient (Wildman–Crippen LogP) is 2.82. The van der Waals surface area contributed by atoms with E-state index >= 15 is 0 Å². The van der Waals surface area contributed by atoms with Gasteiger partial charge < -0.3 is 15.2 Å². The molecule has 5 nitrogen and oxygen atoms in total. The fraction of sp³-hybridized carbons (Fsp3) is 0.167. The van der Waals surface area contributed by atoms with Gasteiger partial charge in [-0.15, -0.1) is 0 Å². The Morgan fingerprint density at radius 3 is 2.33 bits per heavy atom.